The molecule has 0 amide bonds. The molecule has 1 unspecified atom stereocenters. The van der Waals surface area contributed by atoms with Gasteiger partial charge in [-0.1, -0.05) is 11.6 Å². The van der Waals surface area contributed by atoms with E-state index >= 15 is 0 Å². The summed E-state index contributed by atoms with van der Waals surface area (Å²) >= 11 is 6.39. The Balaban J connectivity index is 1.22. The van der Waals surface area contributed by atoms with Gasteiger partial charge in [0.1, 0.15) is 16.0 Å². The number of hydrogen-bond acceptors (Lipinski definition) is 8. The van der Waals surface area contributed by atoms with Gasteiger partial charge in [0, 0.05) is 24.3 Å². The molecule has 3 fully saturated rings. The van der Waals surface area contributed by atoms with Crippen LogP contribution in [0.2, 0.25) is 5.02 Å². The predicted molar refractivity (Wildman–Crippen MR) is 140 cm³/mol. The molecule has 1 atom stereocenters. The van der Waals surface area contributed by atoms with Gasteiger partial charge < -0.3 is 19.7 Å². The number of ether oxygens (including phenoxy) is 2. The number of rotatable bonds is 9. The molecular weight excluding hydrogens is 523 g/mol. The van der Waals surface area contributed by atoms with Crippen LogP contribution in [0, 0.1) is 0 Å². The van der Waals surface area contributed by atoms with Gasteiger partial charge in [-0.2, -0.15) is 5.10 Å². The van der Waals surface area contributed by atoms with E-state index in [0.717, 1.165) is 44.2 Å². The average molecular weight is 555 g/mol. The van der Waals surface area contributed by atoms with Gasteiger partial charge in [0.25, 0.3) is 5.56 Å². The Labute approximate surface area is 220 Å². The van der Waals surface area contributed by atoms with Crippen LogP contribution in [0.1, 0.15) is 44.6 Å². The molecule has 2 aromatic rings. The Morgan fingerprint density at radius 2 is 1.81 bits per heavy atom. The maximum absolute atomic E-state index is 13.0. The van der Waals surface area contributed by atoms with Crippen molar-refractivity contribution < 1.29 is 22.3 Å². The summed E-state index contributed by atoms with van der Waals surface area (Å²) in [5.74, 6) is 0.506. The third-order valence-electron chi connectivity index (χ3n) is 7.49. The number of nitrogens with zero attached hydrogens (tertiary/aromatic N) is 3. The maximum Gasteiger partial charge on any atom is 0.287 e. The van der Waals surface area contributed by atoms with Gasteiger partial charge in [-0.25, -0.2) is 17.5 Å². The Morgan fingerprint density at radius 1 is 1.14 bits per heavy atom. The molecule has 2 aliphatic carbocycles. The van der Waals surface area contributed by atoms with Crippen LogP contribution in [0.15, 0.2) is 35.3 Å². The van der Waals surface area contributed by atoms with E-state index in [9.17, 15) is 17.6 Å². The number of benzene rings is 1. The van der Waals surface area contributed by atoms with Gasteiger partial charge in [-0.3, -0.25) is 4.79 Å². The molecule has 1 aliphatic heterocycles. The van der Waals surface area contributed by atoms with Crippen LogP contribution in [-0.4, -0.2) is 67.9 Å². The zero-order valence-corrected chi connectivity index (χ0v) is 22.1. The third kappa shape index (κ3) is 5.88. The fraction of sp³-hybridized carbons (Fsp3) is 0.600. The summed E-state index contributed by atoms with van der Waals surface area (Å²) in [6.07, 6.45) is 7.23. The Morgan fingerprint density at radius 3 is 2.43 bits per heavy atom. The Hall–Kier alpha value is -2.37. The van der Waals surface area contributed by atoms with Gasteiger partial charge in [0.15, 0.2) is 9.84 Å². The van der Waals surface area contributed by atoms with Crippen molar-refractivity contribution in [1.82, 2.24) is 9.78 Å². The van der Waals surface area contributed by atoms with Crippen molar-refractivity contribution >= 4 is 32.8 Å². The second kappa shape index (κ2) is 11.2. The van der Waals surface area contributed by atoms with Gasteiger partial charge in [0.2, 0.25) is 6.86 Å². The van der Waals surface area contributed by atoms with E-state index in [1.54, 1.807) is 12.1 Å². The summed E-state index contributed by atoms with van der Waals surface area (Å²) in [6.45, 7) is -0.411. The molecule has 0 radical (unpaired) electrons. The highest BCUT2D eigenvalue weighted by Gasteiger charge is 2.37. The fourth-order valence-corrected chi connectivity index (χ4v) is 6.86. The number of alkyl halides is 1. The first-order chi connectivity index (χ1) is 17.9. The number of hydrogen-bond donors (Lipinski definition) is 1. The van der Waals surface area contributed by atoms with Crippen molar-refractivity contribution in [2.75, 3.05) is 42.6 Å². The fourth-order valence-electron chi connectivity index (χ4n) is 5.33. The van der Waals surface area contributed by atoms with E-state index < -0.39 is 21.9 Å². The van der Waals surface area contributed by atoms with Crippen LogP contribution in [0.4, 0.5) is 15.8 Å². The van der Waals surface area contributed by atoms with E-state index in [1.165, 1.54) is 10.9 Å². The summed E-state index contributed by atoms with van der Waals surface area (Å²) in [5, 5.41) is 6.69. The van der Waals surface area contributed by atoms with Crippen LogP contribution in [0.5, 0.6) is 5.75 Å². The molecule has 0 spiro atoms. The van der Waals surface area contributed by atoms with Crippen LogP contribution < -0.4 is 20.5 Å². The predicted octanol–water partition coefficient (Wildman–Crippen LogP) is 3.58. The van der Waals surface area contributed by atoms with Gasteiger partial charge in [-0.15, -0.1) is 0 Å². The highest BCUT2D eigenvalue weighted by molar-refractivity contribution is 7.92. The summed E-state index contributed by atoms with van der Waals surface area (Å²) in [7, 11) is -3.24. The molecule has 202 valence electrons. The van der Waals surface area contributed by atoms with Gasteiger partial charge in [-0.05, 0) is 62.8 Å². The minimum absolute atomic E-state index is 0.00730. The number of halogens is 2. The lowest BCUT2D eigenvalue weighted by Gasteiger charge is -2.39. The number of nitrogens with one attached hydrogen (secondary N) is 1. The first kappa shape index (κ1) is 26.2. The van der Waals surface area contributed by atoms with Gasteiger partial charge in [0.05, 0.1) is 36.9 Å². The first-order valence-corrected chi connectivity index (χ1v) is 14.8. The Kier molecular flexibility index (Phi) is 7.92. The minimum atomic E-state index is -3.24. The smallest absolute Gasteiger partial charge is 0.287 e. The number of anilines is 2. The molecule has 5 rings (SSSR count). The summed E-state index contributed by atoms with van der Waals surface area (Å²) in [5.41, 5.74) is 1.06. The molecule has 0 bridgehead atoms. The van der Waals surface area contributed by atoms with E-state index in [4.69, 9.17) is 21.1 Å². The van der Waals surface area contributed by atoms with Gasteiger partial charge >= 0.3 is 0 Å². The van der Waals surface area contributed by atoms with Crippen LogP contribution >= 0.6 is 11.6 Å². The van der Waals surface area contributed by atoms with E-state index in [1.807, 2.05) is 12.1 Å². The minimum Gasteiger partial charge on any atom is -0.463 e. The second-order valence-electron chi connectivity index (χ2n) is 9.91. The lowest BCUT2D eigenvalue weighted by atomic mass is 9.89. The molecule has 3 aliphatic rings. The maximum atomic E-state index is 13.0. The summed E-state index contributed by atoms with van der Waals surface area (Å²) in [6, 6.07) is 8.37. The lowest BCUT2D eigenvalue weighted by molar-refractivity contribution is 0.140. The van der Waals surface area contributed by atoms with E-state index in [-0.39, 0.29) is 42.1 Å². The van der Waals surface area contributed by atoms with Crippen molar-refractivity contribution in [2.24, 2.45) is 0 Å². The molecule has 12 heteroatoms. The monoisotopic (exact) mass is 554 g/mol. The van der Waals surface area contributed by atoms with Crippen LogP contribution in [0.3, 0.4) is 0 Å². The highest BCUT2D eigenvalue weighted by atomic mass is 35.5. The molecule has 2 heterocycles. The van der Waals surface area contributed by atoms with Crippen molar-refractivity contribution in [1.29, 1.82) is 0 Å². The van der Waals surface area contributed by atoms with Crippen molar-refractivity contribution in [3.05, 3.63) is 45.8 Å². The zero-order valence-electron chi connectivity index (χ0n) is 20.5. The SMILES string of the molecule is O=c1c(Cl)c(NCC2COCCS2(=O)=O)cnn1[C@H]1CC[C@H](N(c2ccc(OCF)cc2)C2CC2)CC1. The normalized spacial score (nSPS) is 25.4. The van der Waals surface area contributed by atoms with E-state index in [0.29, 0.717) is 23.5 Å². The summed E-state index contributed by atoms with van der Waals surface area (Å²) in [4.78, 5) is 15.5. The summed E-state index contributed by atoms with van der Waals surface area (Å²) < 4.78 is 48.6. The largest absolute Gasteiger partial charge is 0.463 e. The molecule has 1 saturated heterocycles. The standard InChI is InChI=1S/C25H32ClFN4O5S/c26-24-23(28-13-22-15-35-11-12-37(22,33)34)14-29-31(25(24)32)20-5-3-18(4-6-20)30(17-1-2-17)19-7-9-21(10-8-19)36-16-27/h7-10,14,17-18,20,22,28H,1-6,11-13,15-16H2/t18-,20-,22?. The van der Waals surface area contributed by atoms with Crippen molar-refractivity contribution in [2.45, 2.75) is 61.9 Å². The van der Waals surface area contributed by atoms with Crippen LogP contribution in [-0.2, 0) is 14.6 Å². The Bertz CT molecular complexity index is 1250. The zero-order chi connectivity index (χ0) is 26.0. The topological polar surface area (TPSA) is 103 Å². The molecule has 2 saturated carbocycles. The quantitative estimate of drug-likeness (QED) is 0.502. The molecule has 9 nitrogen and oxygen atoms in total. The molecular formula is C25H32ClFN4O5S. The van der Waals surface area contributed by atoms with Crippen LogP contribution in [0.25, 0.3) is 0 Å². The molecule has 37 heavy (non-hydrogen) atoms. The second-order valence-corrected chi connectivity index (χ2v) is 12.7. The average Bonchev–Trinajstić information content (AvgIpc) is 3.73. The number of sulfone groups is 1. The molecule has 1 aromatic carbocycles. The molecule has 1 aromatic heterocycles. The number of aromatic nitrogens is 2. The van der Waals surface area contributed by atoms with Crippen molar-refractivity contribution in [3.63, 3.8) is 0 Å². The first-order valence-electron chi connectivity index (χ1n) is 12.7. The lowest BCUT2D eigenvalue weighted by Crippen LogP contribution is -2.42. The van der Waals surface area contributed by atoms with E-state index in [2.05, 4.69) is 15.3 Å². The molecule has 1 N–H and O–H groups in total. The third-order valence-corrected chi connectivity index (χ3v) is 9.91. The van der Waals surface area contributed by atoms with Crippen molar-refractivity contribution in [3.8, 4) is 5.75 Å². The highest BCUT2D eigenvalue weighted by Crippen LogP contribution is 2.40.